The quantitative estimate of drug-likeness (QED) is 0.846. The molecule has 6 heteroatoms. The number of nitrogens with two attached hydrogens (primary N) is 1. The van der Waals surface area contributed by atoms with Crippen molar-refractivity contribution in [2.45, 2.75) is 11.5 Å². The maximum absolute atomic E-state index is 11.4. The van der Waals surface area contributed by atoms with Crippen molar-refractivity contribution in [1.82, 2.24) is 0 Å². The Morgan fingerprint density at radius 1 is 1.50 bits per heavy atom. The molecule has 0 saturated carbocycles. The van der Waals surface area contributed by atoms with Crippen LogP contribution in [0.25, 0.3) is 0 Å². The van der Waals surface area contributed by atoms with Gasteiger partial charge in [-0.2, -0.15) is 0 Å². The summed E-state index contributed by atoms with van der Waals surface area (Å²) >= 11 is 3.24. The van der Waals surface area contributed by atoms with Gasteiger partial charge in [-0.1, -0.05) is 22.0 Å². The summed E-state index contributed by atoms with van der Waals surface area (Å²) in [6.07, 6.45) is 1.15. The molecule has 0 saturated heterocycles. The first-order valence-corrected chi connectivity index (χ1v) is 6.44. The molecule has 0 aliphatic rings. The van der Waals surface area contributed by atoms with Gasteiger partial charge in [-0.15, -0.1) is 0 Å². The Labute approximate surface area is 91.1 Å². The molecule has 2 N–H and O–H groups in total. The first-order chi connectivity index (χ1) is 6.46. The molecular weight excluding hydrogens is 270 g/mol. The SMILES string of the molecule is CS(=O)(=O)c1cccc(Br)c1CON. The lowest BCUT2D eigenvalue weighted by Crippen LogP contribution is -2.07. The van der Waals surface area contributed by atoms with Gasteiger partial charge < -0.3 is 0 Å². The molecule has 1 aromatic carbocycles. The van der Waals surface area contributed by atoms with Gasteiger partial charge in [0.1, 0.15) is 0 Å². The van der Waals surface area contributed by atoms with Gasteiger partial charge in [0.25, 0.3) is 0 Å². The Morgan fingerprint density at radius 2 is 2.14 bits per heavy atom. The van der Waals surface area contributed by atoms with Crippen molar-refractivity contribution in [3.05, 3.63) is 28.2 Å². The fraction of sp³-hybridized carbons (Fsp3) is 0.250. The Balaban J connectivity index is 3.36. The van der Waals surface area contributed by atoms with Crippen LogP contribution in [0.5, 0.6) is 0 Å². The lowest BCUT2D eigenvalue weighted by atomic mass is 10.2. The summed E-state index contributed by atoms with van der Waals surface area (Å²) in [6.45, 7) is 0.0594. The zero-order chi connectivity index (χ0) is 10.8. The van der Waals surface area contributed by atoms with Crippen LogP contribution in [0.2, 0.25) is 0 Å². The standard InChI is InChI=1S/C8H10BrNO3S/c1-14(11,12)8-4-2-3-7(9)6(8)5-13-10/h2-4H,5,10H2,1H3. The molecule has 0 radical (unpaired) electrons. The molecule has 0 aliphatic carbocycles. The summed E-state index contributed by atoms with van der Waals surface area (Å²) in [4.78, 5) is 4.68. The molecule has 1 aromatic rings. The summed E-state index contributed by atoms with van der Waals surface area (Å²) in [5.41, 5.74) is 0.539. The summed E-state index contributed by atoms with van der Waals surface area (Å²) in [5.74, 6) is 4.93. The number of benzene rings is 1. The molecule has 0 bridgehead atoms. The maximum atomic E-state index is 11.4. The van der Waals surface area contributed by atoms with Gasteiger partial charge >= 0.3 is 0 Å². The van der Waals surface area contributed by atoms with Crippen LogP contribution in [0.4, 0.5) is 0 Å². The van der Waals surface area contributed by atoms with Crippen LogP contribution < -0.4 is 5.90 Å². The van der Waals surface area contributed by atoms with Crippen LogP contribution in [-0.4, -0.2) is 14.7 Å². The van der Waals surface area contributed by atoms with Crippen LogP contribution in [0.3, 0.4) is 0 Å². The highest BCUT2D eigenvalue weighted by molar-refractivity contribution is 9.10. The van der Waals surface area contributed by atoms with Gasteiger partial charge in [-0.05, 0) is 12.1 Å². The van der Waals surface area contributed by atoms with Crippen molar-refractivity contribution in [3.8, 4) is 0 Å². The van der Waals surface area contributed by atoms with Gasteiger partial charge in [0.2, 0.25) is 0 Å². The molecule has 0 spiro atoms. The van der Waals surface area contributed by atoms with Crippen LogP contribution in [-0.2, 0) is 21.3 Å². The highest BCUT2D eigenvalue weighted by Gasteiger charge is 2.15. The van der Waals surface area contributed by atoms with E-state index in [1.165, 1.54) is 6.07 Å². The largest absolute Gasteiger partial charge is 0.300 e. The van der Waals surface area contributed by atoms with Gasteiger partial charge in [0.05, 0.1) is 11.5 Å². The molecule has 4 nitrogen and oxygen atoms in total. The van der Waals surface area contributed by atoms with E-state index in [1.54, 1.807) is 12.1 Å². The van der Waals surface area contributed by atoms with E-state index in [2.05, 4.69) is 20.8 Å². The third-order valence-electron chi connectivity index (χ3n) is 1.70. The van der Waals surface area contributed by atoms with Crippen molar-refractivity contribution < 1.29 is 13.3 Å². The van der Waals surface area contributed by atoms with E-state index in [0.29, 0.717) is 10.0 Å². The molecule has 0 aromatic heterocycles. The summed E-state index contributed by atoms with van der Waals surface area (Å²) in [7, 11) is -3.24. The molecule has 0 fully saturated rings. The molecule has 0 aliphatic heterocycles. The number of sulfone groups is 1. The third-order valence-corrected chi connectivity index (χ3v) is 3.63. The lowest BCUT2D eigenvalue weighted by Gasteiger charge is -2.08. The van der Waals surface area contributed by atoms with Crippen molar-refractivity contribution >= 4 is 25.8 Å². The van der Waals surface area contributed by atoms with E-state index in [1.807, 2.05) is 0 Å². The molecular formula is C8H10BrNO3S. The number of rotatable bonds is 3. The van der Waals surface area contributed by atoms with E-state index in [-0.39, 0.29) is 11.5 Å². The number of halogens is 1. The second kappa shape index (κ2) is 4.39. The summed E-state index contributed by atoms with van der Waals surface area (Å²) in [5, 5.41) is 0. The Bertz CT molecular complexity index is 430. The molecule has 0 heterocycles. The Morgan fingerprint density at radius 3 is 2.64 bits per heavy atom. The first kappa shape index (κ1) is 11.6. The van der Waals surface area contributed by atoms with Gasteiger partial charge in [0.15, 0.2) is 9.84 Å². The zero-order valence-corrected chi connectivity index (χ0v) is 9.93. The van der Waals surface area contributed by atoms with E-state index in [4.69, 9.17) is 5.90 Å². The van der Waals surface area contributed by atoms with E-state index < -0.39 is 9.84 Å². The van der Waals surface area contributed by atoms with Crippen molar-refractivity contribution in [2.24, 2.45) is 5.90 Å². The second-order valence-corrected chi connectivity index (χ2v) is 5.64. The van der Waals surface area contributed by atoms with E-state index in [0.717, 1.165) is 6.26 Å². The number of hydrogen-bond donors (Lipinski definition) is 1. The predicted molar refractivity (Wildman–Crippen MR) is 56.2 cm³/mol. The normalized spacial score (nSPS) is 11.6. The Kier molecular flexibility index (Phi) is 3.65. The van der Waals surface area contributed by atoms with Crippen LogP contribution in [0.15, 0.2) is 27.6 Å². The topological polar surface area (TPSA) is 69.4 Å². The van der Waals surface area contributed by atoms with E-state index >= 15 is 0 Å². The third kappa shape index (κ3) is 2.54. The minimum absolute atomic E-state index is 0.0594. The van der Waals surface area contributed by atoms with Gasteiger partial charge in [-0.25, -0.2) is 14.3 Å². The first-order valence-electron chi connectivity index (χ1n) is 3.76. The summed E-state index contributed by atoms with van der Waals surface area (Å²) in [6, 6.07) is 4.91. The molecule has 78 valence electrons. The van der Waals surface area contributed by atoms with Crippen molar-refractivity contribution in [3.63, 3.8) is 0 Å². The average Bonchev–Trinajstić information content (AvgIpc) is 2.07. The Hall–Kier alpha value is -0.430. The zero-order valence-electron chi connectivity index (χ0n) is 7.53. The number of hydrogen-bond acceptors (Lipinski definition) is 4. The minimum Gasteiger partial charge on any atom is -0.300 e. The van der Waals surface area contributed by atoms with Crippen molar-refractivity contribution in [1.29, 1.82) is 0 Å². The second-order valence-electron chi connectivity index (χ2n) is 2.80. The highest BCUT2D eigenvalue weighted by atomic mass is 79.9. The van der Waals surface area contributed by atoms with Crippen LogP contribution in [0.1, 0.15) is 5.56 Å². The molecule has 14 heavy (non-hydrogen) atoms. The van der Waals surface area contributed by atoms with Crippen LogP contribution >= 0.6 is 15.9 Å². The monoisotopic (exact) mass is 279 g/mol. The lowest BCUT2D eigenvalue weighted by molar-refractivity contribution is 0.122. The molecule has 0 atom stereocenters. The van der Waals surface area contributed by atoms with Gasteiger partial charge in [0, 0.05) is 16.3 Å². The summed E-state index contributed by atoms with van der Waals surface area (Å²) < 4.78 is 23.4. The molecule has 0 unspecified atom stereocenters. The minimum atomic E-state index is -3.24. The van der Waals surface area contributed by atoms with E-state index in [9.17, 15) is 8.42 Å². The smallest absolute Gasteiger partial charge is 0.175 e. The fourth-order valence-corrected chi connectivity index (χ4v) is 2.66. The molecule has 1 rings (SSSR count). The maximum Gasteiger partial charge on any atom is 0.175 e. The predicted octanol–water partition coefficient (Wildman–Crippen LogP) is 1.24. The van der Waals surface area contributed by atoms with Crippen LogP contribution in [0, 0.1) is 0 Å². The van der Waals surface area contributed by atoms with Gasteiger partial charge in [-0.3, -0.25) is 4.84 Å². The van der Waals surface area contributed by atoms with Crippen molar-refractivity contribution in [2.75, 3.05) is 6.26 Å². The molecule has 0 amide bonds. The highest BCUT2D eigenvalue weighted by Crippen LogP contribution is 2.24. The average molecular weight is 280 g/mol. The fourth-order valence-electron chi connectivity index (χ4n) is 1.11.